The number of halogens is 2. The van der Waals surface area contributed by atoms with Crippen molar-refractivity contribution in [3.8, 4) is 0 Å². The number of hydrogen-bond acceptors (Lipinski definition) is 5. The molecule has 10 heteroatoms. The Kier molecular flexibility index (Phi) is 5.32. The molecule has 7 nitrogen and oxygen atoms in total. The van der Waals surface area contributed by atoms with Crippen LogP contribution in [0.2, 0.25) is 5.02 Å². The van der Waals surface area contributed by atoms with Crippen LogP contribution in [0.15, 0.2) is 75.4 Å². The highest BCUT2D eigenvalue weighted by molar-refractivity contribution is 7.99. The van der Waals surface area contributed by atoms with Crippen molar-refractivity contribution >= 4 is 40.6 Å². The summed E-state index contributed by atoms with van der Waals surface area (Å²) in [6.45, 7) is -0.321. The van der Waals surface area contributed by atoms with Crippen LogP contribution in [0.4, 0.5) is 10.1 Å². The first-order valence-electron chi connectivity index (χ1n) is 8.44. The first-order valence-corrected chi connectivity index (χ1v) is 9.64. The summed E-state index contributed by atoms with van der Waals surface area (Å²) < 4.78 is 15.4. The summed E-state index contributed by atoms with van der Waals surface area (Å²) >= 11 is 7.11. The summed E-state index contributed by atoms with van der Waals surface area (Å²) in [6, 6.07) is 16.8. The number of carbonyl (C=O) groups is 1. The highest BCUT2D eigenvalue weighted by atomic mass is 35.5. The number of rotatable bonds is 5. The fourth-order valence-electron chi connectivity index (χ4n) is 2.57. The molecule has 0 saturated heterocycles. The van der Waals surface area contributed by atoms with Gasteiger partial charge < -0.3 is 5.32 Å². The Hall–Kier alpha value is -3.17. The highest BCUT2D eigenvalue weighted by Crippen LogP contribution is 2.25. The highest BCUT2D eigenvalue weighted by Gasteiger charge is 2.13. The zero-order valence-electron chi connectivity index (χ0n) is 14.8. The minimum absolute atomic E-state index is 0.111. The molecule has 0 aliphatic carbocycles. The molecule has 0 spiro atoms. The van der Waals surface area contributed by atoms with Crippen molar-refractivity contribution in [2.45, 2.75) is 16.5 Å². The van der Waals surface area contributed by atoms with Crippen molar-refractivity contribution in [1.82, 2.24) is 19.4 Å². The molecule has 2 heterocycles. The fraction of sp³-hybridized carbons (Fsp3) is 0.0526. The van der Waals surface area contributed by atoms with Crippen LogP contribution in [0.25, 0.3) is 5.65 Å². The number of carbonyl (C=O) groups excluding carboxylic acids is 1. The number of fused-ring (bicyclic) bond motifs is 1. The summed E-state index contributed by atoms with van der Waals surface area (Å²) in [6.07, 6.45) is 0. The van der Waals surface area contributed by atoms with Gasteiger partial charge in [0, 0.05) is 10.6 Å². The van der Waals surface area contributed by atoms with Gasteiger partial charge >= 0.3 is 5.69 Å². The summed E-state index contributed by atoms with van der Waals surface area (Å²) in [5, 5.41) is 11.5. The Morgan fingerprint density at radius 3 is 2.66 bits per heavy atom. The molecule has 4 rings (SSSR count). The quantitative estimate of drug-likeness (QED) is 0.525. The van der Waals surface area contributed by atoms with Crippen molar-refractivity contribution in [1.29, 1.82) is 0 Å². The lowest BCUT2D eigenvalue weighted by atomic mass is 10.3. The molecule has 2 aromatic heterocycles. The van der Waals surface area contributed by atoms with Crippen LogP contribution in [-0.4, -0.2) is 25.3 Å². The lowest BCUT2D eigenvalue weighted by molar-refractivity contribution is -0.117. The molecule has 0 fully saturated rings. The SMILES string of the molecule is O=C(Cn1nc2ccc(Sc3ccccc3)nn2c1=O)Nc1ccc(F)c(Cl)c1. The zero-order valence-corrected chi connectivity index (χ0v) is 16.3. The number of amides is 1. The number of benzene rings is 2. The Morgan fingerprint density at radius 1 is 1.10 bits per heavy atom. The molecule has 4 aromatic rings. The maximum atomic E-state index is 13.2. The molecular formula is C19H13ClFN5O2S. The predicted octanol–water partition coefficient (Wildman–Crippen LogP) is 3.47. The van der Waals surface area contributed by atoms with E-state index in [-0.39, 0.29) is 11.6 Å². The maximum absolute atomic E-state index is 13.2. The number of anilines is 1. The Balaban J connectivity index is 1.53. The van der Waals surface area contributed by atoms with Gasteiger partial charge in [-0.25, -0.2) is 13.9 Å². The third-order valence-electron chi connectivity index (χ3n) is 3.88. The van der Waals surface area contributed by atoms with Crippen LogP contribution in [0.3, 0.4) is 0 Å². The van der Waals surface area contributed by atoms with Crippen molar-refractivity contribution in [2.24, 2.45) is 0 Å². The molecule has 0 aliphatic heterocycles. The largest absolute Gasteiger partial charge is 0.367 e. The topological polar surface area (TPSA) is 81.3 Å². The van der Waals surface area contributed by atoms with E-state index in [0.717, 1.165) is 20.2 Å². The molecule has 0 aliphatic rings. The lowest BCUT2D eigenvalue weighted by Crippen LogP contribution is -2.28. The molecule has 0 saturated carbocycles. The summed E-state index contributed by atoms with van der Waals surface area (Å²) in [5.41, 5.74) is 0.103. The Bertz CT molecular complexity index is 1260. The van der Waals surface area contributed by atoms with E-state index in [1.165, 1.54) is 23.9 Å². The maximum Gasteiger partial charge on any atom is 0.367 e. The van der Waals surface area contributed by atoms with Crippen LogP contribution >= 0.6 is 23.4 Å². The predicted molar refractivity (Wildman–Crippen MR) is 108 cm³/mol. The van der Waals surface area contributed by atoms with Gasteiger partial charge in [-0.15, -0.1) is 5.10 Å². The van der Waals surface area contributed by atoms with Gasteiger partial charge in [0.2, 0.25) is 5.91 Å². The first-order chi connectivity index (χ1) is 14.0. The van der Waals surface area contributed by atoms with Crippen LogP contribution in [0, 0.1) is 5.82 Å². The van der Waals surface area contributed by atoms with Gasteiger partial charge in [0.1, 0.15) is 17.4 Å². The average Bonchev–Trinajstić information content (AvgIpc) is 3.01. The van der Waals surface area contributed by atoms with Crippen molar-refractivity contribution in [3.63, 3.8) is 0 Å². The number of nitrogens with one attached hydrogen (secondary N) is 1. The van der Waals surface area contributed by atoms with Gasteiger partial charge in [-0.1, -0.05) is 41.6 Å². The molecule has 1 amide bonds. The number of hydrogen-bond donors (Lipinski definition) is 1. The molecule has 0 radical (unpaired) electrons. The van der Waals surface area contributed by atoms with Crippen molar-refractivity contribution in [3.05, 3.63) is 82.0 Å². The van der Waals surface area contributed by atoms with Crippen molar-refractivity contribution < 1.29 is 9.18 Å². The monoisotopic (exact) mass is 429 g/mol. The van der Waals surface area contributed by atoms with E-state index >= 15 is 0 Å². The van der Waals surface area contributed by atoms with E-state index in [9.17, 15) is 14.0 Å². The smallest absolute Gasteiger partial charge is 0.324 e. The summed E-state index contributed by atoms with van der Waals surface area (Å²) in [7, 11) is 0. The number of nitrogens with zero attached hydrogens (tertiary/aromatic N) is 4. The van der Waals surface area contributed by atoms with Crippen molar-refractivity contribution in [2.75, 3.05) is 5.32 Å². The zero-order chi connectivity index (χ0) is 20.4. The standard InChI is InChI=1S/C19H13ClFN5O2S/c20-14-10-12(6-7-15(14)21)22-17(27)11-25-19(28)26-16(23-25)8-9-18(24-26)29-13-4-2-1-3-5-13/h1-10H,11H2,(H,22,27). The average molecular weight is 430 g/mol. The fourth-order valence-corrected chi connectivity index (χ4v) is 3.54. The van der Waals surface area contributed by atoms with Crippen LogP contribution in [-0.2, 0) is 11.3 Å². The van der Waals surface area contributed by atoms with Crippen LogP contribution in [0.1, 0.15) is 0 Å². The first kappa shape index (κ1) is 19.2. The molecule has 0 bridgehead atoms. The van der Waals surface area contributed by atoms with E-state index in [0.29, 0.717) is 16.4 Å². The molecule has 1 N–H and O–H groups in total. The molecule has 0 unspecified atom stereocenters. The van der Waals surface area contributed by atoms with Gasteiger partial charge in [-0.2, -0.15) is 9.61 Å². The minimum Gasteiger partial charge on any atom is -0.324 e. The van der Waals surface area contributed by atoms with E-state index in [1.54, 1.807) is 12.1 Å². The van der Waals surface area contributed by atoms with Gasteiger partial charge in [0.15, 0.2) is 5.65 Å². The number of aromatic nitrogens is 4. The molecular weight excluding hydrogens is 417 g/mol. The molecule has 2 aromatic carbocycles. The molecule has 29 heavy (non-hydrogen) atoms. The van der Waals surface area contributed by atoms with Gasteiger partial charge in [-0.3, -0.25) is 4.79 Å². The second kappa shape index (κ2) is 8.06. The van der Waals surface area contributed by atoms with E-state index in [1.807, 2.05) is 30.3 Å². The minimum atomic E-state index is -0.587. The van der Waals surface area contributed by atoms with Crippen LogP contribution < -0.4 is 11.0 Å². The molecule has 0 atom stereocenters. The second-order valence-electron chi connectivity index (χ2n) is 5.97. The summed E-state index contributed by atoms with van der Waals surface area (Å²) in [5.74, 6) is -1.09. The Labute approximate surface area is 173 Å². The van der Waals surface area contributed by atoms with Gasteiger partial charge in [-0.05, 0) is 42.5 Å². The molecule has 146 valence electrons. The van der Waals surface area contributed by atoms with E-state index in [4.69, 9.17) is 11.6 Å². The van der Waals surface area contributed by atoms with Crippen LogP contribution in [0.5, 0.6) is 0 Å². The second-order valence-corrected chi connectivity index (χ2v) is 7.47. The third kappa shape index (κ3) is 4.30. The lowest BCUT2D eigenvalue weighted by Gasteiger charge is -2.05. The Morgan fingerprint density at radius 2 is 1.90 bits per heavy atom. The third-order valence-corrected chi connectivity index (χ3v) is 5.10. The van der Waals surface area contributed by atoms with E-state index < -0.39 is 17.4 Å². The van der Waals surface area contributed by atoms with Gasteiger partial charge in [0.05, 0.1) is 5.02 Å². The normalized spacial score (nSPS) is 11.0. The van der Waals surface area contributed by atoms with Gasteiger partial charge in [0.25, 0.3) is 0 Å². The summed E-state index contributed by atoms with van der Waals surface area (Å²) in [4.78, 5) is 25.8. The van der Waals surface area contributed by atoms with E-state index in [2.05, 4.69) is 15.5 Å².